The molecule has 0 aliphatic heterocycles. The van der Waals surface area contributed by atoms with Crippen molar-refractivity contribution in [2.75, 3.05) is 0 Å². The molecule has 2 heterocycles. The van der Waals surface area contributed by atoms with Gasteiger partial charge in [0.05, 0.1) is 0 Å². The first-order valence-corrected chi connectivity index (χ1v) is 16.4. The van der Waals surface area contributed by atoms with Crippen LogP contribution >= 0.6 is 11.3 Å². The molecule has 8 aromatic rings. The van der Waals surface area contributed by atoms with Crippen LogP contribution in [-0.2, 0) is 5.41 Å². The maximum atomic E-state index is 5.23. The summed E-state index contributed by atoms with van der Waals surface area (Å²) in [6, 6.07) is 49.4. The topological polar surface area (TPSA) is 38.7 Å². The van der Waals surface area contributed by atoms with Crippen LogP contribution in [0.25, 0.3) is 76.6 Å². The number of aromatic nitrogens is 3. The van der Waals surface area contributed by atoms with Crippen molar-refractivity contribution in [1.82, 2.24) is 15.0 Å². The van der Waals surface area contributed by atoms with Crippen molar-refractivity contribution in [3.63, 3.8) is 0 Å². The van der Waals surface area contributed by atoms with Gasteiger partial charge in [0.25, 0.3) is 0 Å². The highest BCUT2D eigenvalue weighted by Crippen LogP contribution is 2.49. The van der Waals surface area contributed by atoms with Crippen molar-refractivity contribution in [2.24, 2.45) is 0 Å². The van der Waals surface area contributed by atoms with E-state index in [-0.39, 0.29) is 5.41 Å². The normalized spacial score (nSPS) is 13.2. The molecule has 0 N–H and O–H groups in total. The first-order chi connectivity index (χ1) is 22.6. The van der Waals surface area contributed by atoms with Gasteiger partial charge in [-0.25, -0.2) is 15.0 Å². The number of thiophene rings is 1. The molecule has 6 aromatic carbocycles. The predicted octanol–water partition coefficient (Wildman–Crippen LogP) is 11.2. The maximum absolute atomic E-state index is 5.23. The van der Waals surface area contributed by atoms with Gasteiger partial charge >= 0.3 is 0 Å². The molecule has 0 amide bonds. The fourth-order valence-electron chi connectivity index (χ4n) is 7.06. The molecule has 1 aliphatic carbocycles. The van der Waals surface area contributed by atoms with Gasteiger partial charge in [0, 0.05) is 42.3 Å². The van der Waals surface area contributed by atoms with E-state index in [2.05, 4.69) is 147 Å². The molecule has 0 spiro atoms. The van der Waals surface area contributed by atoms with Gasteiger partial charge in [0.2, 0.25) is 0 Å². The third-order valence-electron chi connectivity index (χ3n) is 9.38. The summed E-state index contributed by atoms with van der Waals surface area (Å²) in [7, 11) is 0. The van der Waals surface area contributed by atoms with Gasteiger partial charge < -0.3 is 0 Å². The van der Waals surface area contributed by atoms with E-state index < -0.39 is 0 Å². The molecule has 0 bridgehead atoms. The van der Waals surface area contributed by atoms with E-state index in [4.69, 9.17) is 15.0 Å². The summed E-state index contributed by atoms with van der Waals surface area (Å²) < 4.78 is 2.45. The molecule has 0 saturated heterocycles. The predicted molar refractivity (Wildman–Crippen MR) is 192 cm³/mol. The lowest BCUT2D eigenvalue weighted by Gasteiger charge is -2.21. The number of hydrogen-bond acceptors (Lipinski definition) is 4. The zero-order valence-corrected chi connectivity index (χ0v) is 26.3. The summed E-state index contributed by atoms with van der Waals surface area (Å²) >= 11 is 1.80. The third kappa shape index (κ3) is 4.14. The molecular weight excluding hydrogens is 579 g/mol. The van der Waals surface area contributed by atoms with E-state index in [0.29, 0.717) is 17.5 Å². The van der Waals surface area contributed by atoms with Crippen molar-refractivity contribution >= 4 is 31.5 Å². The van der Waals surface area contributed by atoms with E-state index in [1.807, 2.05) is 6.07 Å². The smallest absolute Gasteiger partial charge is 0.165 e. The summed E-state index contributed by atoms with van der Waals surface area (Å²) in [6.07, 6.45) is 0. The van der Waals surface area contributed by atoms with Gasteiger partial charge in [-0.15, -0.1) is 11.3 Å². The van der Waals surface area contributed by atoms with Crippen molar-refractivity contribution in [1.29, 1.82) is 0 Å². The highest BCUT2D eigenvalue weighted by atomic mass is 32.1. The monoisotopic (exact) mass is 607 g/mol. The van der Waals surface area contributed by atoms with Crippen molar-refractivity contribution in [2.45, 2.75) is 19.3 Å². The number of rotatable bonds is 4. The zero-order chi connectivity index (χ0) is 30.8. The van der Waals surface area contributed by atoms with Crippen LogP contribution < -0.4 is 0 Å². The Labute approximate surface area is 271 Å². The van der Waals surface area contributed by atoms with E-state index in [1.165, 1.54) is 42.4 Å². The Kier molecular flexibility index (Phi) is 6.02. The number of nitrogens with zero attached hydrogens (tertiary/aromatic N) is 3. The summed E-state index contributed by atoms with van der Waals surface area (Å²) in [5.41, 5.74) is 10.3. The Morgan fingerprint density at radius 3 is 1.89 bits per heavy atom. The SMILES string of the molecule is CC1(C)c2ccccc2-c2ccc(-c3nc(-c4ccccc4-c4ccccc4)nc(-c4cccc5c4sc4ccccc45)n3)cc21. The fraction of sp³-hybridized carbons (Fsp3) is 0.0714. The largest absolute Gasteiger partial charge is 0.208 e. The fourth-order valence-corrected chi connectivity index (χ4v) is 8.27. The van der Waals surface area contributed by atoms with Crippen LogP contribution in [-0.4, -0.2) is 15.0 Å². The van der Waals surface area contributed by atoms with Crippen molar-refractivity contribution in [3.8, 4) is 56.4 Å². The molecule has 46 heavy (non-hydrogen) atoms. The number of fused-ring (bicyclic) bond motifs is 6. The van der Waals surface area contributed by atoms with E-state index in [1.54, 1.807) is 11.3 Å². The molecule has 0 unspecified atom stereocenters. The van der Waals surface area contributed by atoms with E-state index >= 15 is 0 Å². The Balaban J connectivity index is 1.29. The Hall–Kier alpha value is -5.45. The average Bonchev–Trinajstić information content (AvgIpc) is 3.60. The van der Waals surface area contributed by atoms with Crippen LogP contribution in [0.4, 0.5) is 0 Å². The second-order valence-corrected chi connectivity index (χ2v) is 13.5. The second kappa shape index (κ2) is 10.3. The molecule has 0 fully saturated rings. The Morgan fingerprint density at radius 1 is 0.435 bits per heavy atom. The summed E-state index contributed by atoms with van der Waals surface area (Å²) in [5.74, 6) is 2.03. The van der Waals surface area contributed by atoms with Gasteiger partial charge in [0.1, 0.15) is 0 Å². The molecule has 2 aromatic heterocycles. The van der Waals surface area contributed by atoms with E-state index in [0.717, 1.165) is 27.8 Å². The molecule has 218 valence electrons. The zero-order valence-electron chi connectivity index (χ0n) is 25.5. The van der Waals surface area contributed by atoms with Gasteiger partial charge in [-0.3, -0.25) is 0 Å². The highest BCUT2D eigenvalue weighted by Gasteiger charge is 2.35. The van der Waals surface area contributed by atoms with Gasteiger partial charge in [-0.05, 0) is 51.6 Å². The quantitative estimate of drug-likeness (QED) is 0.200. The lowest BCUT2D eigenvalue weighted by atomic mass is 9.82. The van der Waals surface area contributed by atoms with Crippen LogP contribution in [0.15, 0.2) is 140 Å². The van der Waals surface area contributed by atoms with Gasteiger partial charge in [-0.2, -0.15) is 0 Å². The lowest BCUT2D eigenvalue weighted by molar-refractivity contribution is 0.660. The average molecular weight is 608 g/mol. The molecule has 4 heteroatoms. The highest BCUT2D eigenvalue weighted by molar-refractivity contribution is 7.26. The van der Waals surface area contributed by atoms with Crippen LogP contribution in [0.1, 0.15) is 25.0 Å². The molecular formula is C42H29N3S. The molecule has 0 saturated carbocycles. The maximum Gasteiger partial charge on any atom is 0.165 e. The Morgan fingerprint density at radius 2 is 1.04 bits per heavy atom. The summed E-state index contributed by atoms with van der Waals surface area (Å²) in [4.78, 5) is 15.7. The van der Waals surface area contributed by atoms with Gasteiger partial charge in [0.15, 0.2) is 17.5 Å². The van der Waals surface area contributed by atoms with Crippen LogP contribution in [0.3, 0.4) is 0 Å². The number of benzene rings is 6. The summed E-state index contributed by atoms with van der Waals surface area (Å²) in [6.45, 7) is 4.62. The van der Waals surface area contributed by atoms with Gasteiger partial charge in [-0.1, -0.05) is 135 Å². The molecule has 9 rings (SSSR count). The molecule has 0 atom stereocenters. The van der Waals surface area contributed by atoms with Crippen LogP contribution in [0.2, 0.25) is 0 Å². The third-order valence-corrected chi connectivity index (χ3v) is 10.6. The van der Waals surface area contributed by atoms with Crippen LogP contribution in [0.5, 0.6) is 0 Å². The van der Waals surface area contributed by atoms with Crippen LogP contribution in [0, 0.1) is 0 Å². The number of hydrogen-bond donors (Lipinski definition) is 0. The first kappa shape index (κ1) is 26.9. The van der Waals surface area contributed by atoms with Crippen molar-refractivity contribution < 1.29 is 0 Å². The Bertz CT molecular complexity index is 2460. The minimum atomic E-state index is -0.122. The first-order valence-electron chi connectivity index (χ1n) is 15.6. The molecule has 3 nitrogen and oxygen atoms in total. The standard InChI is InChI=1S/C42H29N3S/c1-42(2)35-21-10-8-16-29(35)30-24-23-27(25-36(30)42)39-43-40(33-18-7-6-15-28(33)26-13-4-3-5-14-26)45-41(44-39)34-20-12-19-32-31-17-9-11-22-37(31)46-38(32)34/h3-25H,1-2H3. The molecule has 1 aliphatic rings. The minimum Gasteiger partial charge on any atom is -0.208 e. The second-order valence-electron chi connectivity index (χ2n) is 12.4. The lowest BCUT2D eigenvalue weighted by Crippen LogP contribution is -2.15. The van der Waals surface area contributed by atoms with Crippen molar-refractivity contribution in [3.05, 3.63) is 151 Å². The molecule has 0 radical (unpaired) electrons. The van der Waals surface area contributed by atoms with E-state index in [9.17, 15) is 0 Å². The minimum absolute atomic E-state index is 0.122. The summed E-state index contributed by atoms with van der Waals surface area (Å²) in [5, 5.41) is 2.48.